The second-order valence-electron chi connectivity index (χ2n) is 5.81. The van der Waals surface area contributed by atoms with Crippen LogP contribution in [0.3, 0.4) is 0 Å². The number of para-hydroxylation sites is 1. The predicted octanol–water partition coefficient (Wildman–Crippen LogP) is 4.22. The van der Waals surface area contributed by atoms with E-state index in [1.54, 1.807) is 6.92 Å². The molecule has 0 aliphatic carbocycles. The van der Waals surface area contributed by atoms with Crippen molar-refractivity contribution in [3.8, 4) is 0 Å². The SMILES string of the molecule is CC(=O)N[C@@H](c1ccccc1)[C@H](C)c1ccc2ccccc2n1. The van der Waals surface area contributed by atoms with Crippen molar-refractivity contribution < 1.29 is 4.79 Å². The first-order chi connectivity index (χ1) is 11.1. The third kappa shape index (κ3) is 3.39. The molecule has 23 heavy (non-hydrogen) atoms. The number of amides is 1. The average Bonchev–Trinajstić information content (AvgIpc) is 2.59. The lowest BCUT2D eigenvalue weighted by atomic mass is 9.91. The van der Waals surface area contributed by atoms with Crippen LogP contribution in [0.25, 0.3) is 10.9 Å². The molecule has 3 heteroatoms. The highest BCUT2D eigenvalue weighted by atomic mass is 16.1. The van der Waals surface area contributed by atoms with Crippen LogP contribution in [0, 0.1) is 0 Å². The molecule has 1 amide bonds. The molecule has 0 saturated heterocycles. The first kappa shape index (κ1) is 15.2. The van der Waals surface area contributed by atoms with Gasteiger partial charge < -0.3 is 5.32 Å². The van der Waals surface area contributed by atoms with Crippen LogP contribution in [0.5, 0.6) is 0 Å². The Morgan fingerprint density at radius 2 is 1.65 bits per heavy atom. The van der Waals surface area contributed by atoms with Crippen LogP contribution in [0.4, 0.5) is 0 Å². The minimum Gasteiger partial charge on any atom is -0.349 e. The predicted molar refractivity (Wildman–Crippen MR) is 93.2 cm³/mol. The highest BCUT2D eigenvalue weighted by Gasteiger charge is 2.22. The fraction of sp³-hybridized carbons (Fsp3) is 0.200. The minimum absolute atomic E-state index is 0.0357. The van der Waals surface area contributed by atoms with Gasteiger partial charge in [-0.05, 0) is 17.7 Å². The summed E-state index contributed by atoms with van der Waals surface area (Å²) in [5, 5.41) is 4.19. The number of aromatic nitrogens is 1. The summed E-state index contributed by atoms with van der Waals surface area (Å²) in [6.07, 6.45) is 0. The fourth-order valence-corrected chi connectivity index (χ4v) is 2.88. The Balaban J connectivity index is 1.98. The molecule has 0 radical (unpaired) electrons. The second-order valence-corrected chi connectivity index (χ2v) is 5.81. The van der Waals surface area contributed by atoms with E-state index in [9.17, 15) is 4.79 Å². The van der Waals surface area contributed by atoms with Crippen molar-refractivity contribution >= 4 is 16.8 Å². The smallest absolute Gasteiger partial charge is 0.217 e. The van der Waals surface area contributed by atoms with E-state index in [4.69, 9.17) is 4.98 Å². The van der Waals surface area contributed by atoms with Gasteiger partial charge in [0.2, 0.25) is 5.91 Å². The average molecular weight is 304 g/mol. The standard InChI is InChI=1S/C20H20N2O/c1-14(18-13-12-16-8-6-7-11-19(16)22-18)20(21-15(2)23)17-9-4-3-5-10-17/h3-14,20H,1-2H3,(H,21,23)/t14-,20-/m1/s1. The van der Waals surface area contributed by atoms with Gasteiger partial charge in [0.05, 0.1) is 11.6 Å². The molecule has 2 atom stereocenters. The van der Waals surface area contributed by atoms with Crippen LogP contribution in [0.15, 0.2) is 66.7 Å². The maximum Gasteiger partial charge on any atom is 0.217 e. The number of hydrogen-bond donors (Lipinski definition) is 1. The summed E-state index contributed by atoms with van der Waals surface area (Å²) in [5.74, 6) is 0.0393. The summed E-state index contributed by atoms with van der Waals surface area (Å²) in [4.78, 5) is 16.4. The zero-order valence-electron chi connectivity index (χ0n) is 13.4. The Morgan fingerprint density at radius 1 is 0.957 bits per heavy atom. The lowest BCUT2D eigenvalue weighted by molar-refractivity contribution is -0.119. The van der Waals surface area contributed by atoms with E-state index in [1.165, 1.54) is 0 Å². The van der Waals surface area contributed by atoms with Crippen molar-refractivity contribution in [1.82, 2.24) is 10.3 Å². The number of carbonyl (C=O) groups is 1. The molecule has 0 aliphatic rings. The number of nitrogens with zero attached hydrogens (tertiary/aromatic N) is 1. The molecule has 0 spiro atoms. The number of nitrogens with one attached hydrogen (secondary N) is 1. The summed E-state index contributed by atoms with van der Waals surface area (Å²) in [5.41, 5.74) is 3.04. The normalized spacial score (nSPS) is 13.5. The molecule has 2 aromatic carbocycles. The molecular weight excluding hydrogens is 284 g/mol. The van der Waals surface area contributed by atoms with E-state index in [-0.39, 0.29) is 17.9 Å². The van der Waals surface area contributed by atoms with E-state index in [2.05, 4.69) is 24.4 Å². The molecule has 0 saturated carbocycles. The maximum atomic E-state index is 11.6. The van der Waals surface area contributed by atoms with E-state index < -0.39 is 0 Å². The van der Waals surface area contributed by atoms with E-state index in [0.717, 1.165) is 22.2 Å². The van der Waals surface area contributed by atoms with Gasteiger partial charge in [-0.2, -0.15) is 0 Å². The molecule has 3 nitrogen and oxygen atoms in total. The van der Waals surface area contributed by atoms with Gasteiger partial charge in [-0.15, -0.1) is 0 Å². The highest BCUT2D eigenvalue weighted by molar-refractivity contribution is 5.78. The van der Waals surface area contributed by atoms with Crippen molar-refractivity contribution in [3.05, 3.63) is 78.0 Å². The van der Waals surface area contributed by atoms with Crippen LogP contribution >= 0.6 is 0 Å². The van der Waals surface area contributed by atoms with Crippen molar-refractivity contribution in [3.63, 3.8) is 0 Å². The van der Waals surface area contributed by atoms with Crippen LogP contribution in [0.1, 0.15) is 37.1 Å². The lowest BCUT2D eigenvalue weighted by Gasteiger charge is -2.25. The van der Waals surface area contributed by atoms with Crippen molar-refractivity contribution in [2.45, 2.75) is 25.8 Å². The van der Waals surface area contributed by atoms with Gasteiger partial charge in [0, 0.05) is 23.9 Å². The summed E-state index contributed by atoms with van der Waals surface area (Å²) in [6.45, 7) is 3.65. The molecule has 3 rings (SSSR count). The van der Waals surface area contributed by atoms with Crippen molar-refractivity contribution in [2.75, 3.05) is 0 Å². The molecular formula is C20H20N2O. The summed E-state index contributed by atoms with van der Waals surface area (Å²) in [7, 11) is 0. The molecule has 0 aliphatic heterocycles. The maximum absolute atomic E-state index is 11.6. The van der Waals surface area contributed by atoms with Gasteiger partial charge in [-0.25, -0.2) is 0 Å². The Kier molecular flexibility index (Phi) is 4.38. The Morgan fingerprint density at radius 3 is 2.39 bits per heavy atom. The molecule has 1 N–H and O–H groups in total. The number of pyridine rings is 1. The van der Waals surface area contributed by atoms with Crippen LogP contribution < -0.4 is 5.32 Å². The third-order valence-electron chi connectivity index (χ3n) is 4.10. The van der Waals surface area contributed by atoms with Crippen LogP contribution in [-0.4, -0.2) is 10.9 Å². The first-order valence-corrected chi connectivity index (χ1v) is 7.83. The number of hydrogen-bond acceptors (Lipinski definition) is 2. The molecule has 1 heterocycles. The van der Waals surface area contributed by atoms with Gasteiger partial charge >= 0.3 is 0 Å². The second kappa shape index (κ2) is 6.61. The Bertz CT molecular complexity index is 814. The lowest BCUT2D eigenvalue weighted by Crippen LogP contribution is -2.30. The van der Waals surface area contributed by atoms with Crippen molar-refractivity contribution in [2.24, 2.45) is 0 Å². The minimum atomic E-state index is -0.0950. The van der Waals surface area contributed by atoms with E-state index >= 15 is 0 Å². The number of fused-ring (bicyclic) bond motifs is 1. The zero-order valence-corrected chi connectivity index (χ0v) is 13.4. The Labute approximate surface area is 136 Å². The summed E-state index contributed by atoms with van der Waals surface area (Å²) >= 11 is 0. The highest BCUT2D eigenvalue weighted by Crippen LogP contribution is 2.30. The molecule has 3 aromatic rings. The summed E-state index contributed by atoms with van der Waals surface area (Å²) in [6, 6.07) is 22.2. The quantitative estimate of drug-likeness (QED) is 0.784. The molecule has 1 aromatic heterocycles. The van der Waals surface area contributed by atoms with Gasteiger partial charge in [-0.1, -0.05) is 61.5 Å². The van der Waals surface area contributed by atoms with Gasteiger partial charge in [0.1, 0.15) is 0 Å². The topological polar surface area (TPSA) is 42.0 Å². The Hall–Kier alpha value is -2.68. The molecule has 116 valence electrons. The van der Waals surface area contributed by atoms with Gasteiger partial charge in [0.25, 0.3) is 0 Å². The van der Waals surface area contributed by atoms with Crippen molar-refractivity contribution in [1.29, 1.82) is 0 Å². The van der Waals surface area contributed by atoms with Gasteiger partial charge in [0.15, 0.2) is 0 Å². The number of benzene rings is 2. The largest absolute Gasteiger partial charge is 0.349 e. The number of rotatable bonds is 4. The number of carbonyl (C=O) groups excluding carboxylic acids is 1. The molecule has 0 bridgehead atoms. The summed E-state index contributed by atoms with van der Waals surface area (Å²) < 4.78 is 0. The fourth-order valence-electron chi connectivity index (χ4n) is 2.88. The monoisotopic (exact) mass is 304 g/mol. The zero-order chi connectivity index (χ0) is 16.2. The van der Waals surface area contributed by atoms with E-state index in [0.29, 0.717) is 0 Å². The molecule has 0 unspecified atom stereocenters. The first-order valence-electron chi connectivity index (χ1n) is 7.83. The molecule has 0 fully saturated rings. The van der Waals surface area contributed by atoms with Crippen LogP contribution in [0.2, 0.25) is 0 Å². The van der Waals surface area contributed by atoms with Crippen LogP contribution in [-0.2, 0) is 4.79 Å². The van der Waals surface area contributed by atoms with Gasteiger partial charge in [-0.3, -0.25) is 9.78 Å². The van der Waals surface area contributed by atoms with E-state index in [1.807, 2.05) is 54.6 Å². The third-order valence-corrected chi connectivity index (χ3v) is 4.10.